The third kappa shape index (κ3) is 4.70. The molecule has 1 aromatic carbocycles. The van der Waals surface area contributed by atoms with Gasteiger partial charge in [-0.05, 0) is 31.0 Å². The molecule has 0 saturated carbocycles. The summed E-state index contributed by atoms with van der Waals surface area (Å²) in [5.41, 5.74) is 0.984. The first-order chi connectivity index (χ1) is 12.4. The molecule has 8 heteroatoms. The van der Waals surface area contributed by atoms with Gasteiger partial charge in [0.25, 0.3) is 5.91 Å². The smallest absolute Gasteiger partial charge is 0.251 e. The van der Waals surface area contributed by atoms with Crippen LogP contribution in [-0.2, 0) is 16.6 Å². The van der Waals surface area contributed by atoms with E-state index in [0.717, 1.165) is 13.0 Å². The average molecular weight is 378 g/mol. The van der Waals surface area contributed by atoms with Crippen molar-refractivity contribution in [2.45, 2.75) is 38.6 Å². The molecule has 0 unspecified atom stereocenters. The van der Waals surface area contributed by atoms with E-state index < -0.39 is 10.0 Å². The van der Waals surface area contributed by atoms with Gasteiger partial charge in [-0.1, -0.05) is 19.9 Å². The van der Waals surface area contributed by atoms with Crippen molar-refractivity contribution in [1.29, 1.82) is 0 Å². The van der Waals surface area contributed by atoms with Crippen molar-refractivity contribution in [3.63, 3.8) is 0 Å². The second-order valence-corrected chi connectivity index (χ2v) is 7.89. The van der Waals surface area contributed by atoms with Gasteiger partial charge in [0.2, 0.25) is 10.0 Å². The van der Waals surface area contributed by atoms with Crippen LogP contribution in [0.25, 0.3) is 0 Å². The summed E-state index contributed by atoms with van der Waals surface area (Å²) in [5, 5.41) is 2.84. The van der Waals surface area contributed by atoms with Crippen molar-refractivity contribution >= 4 is 15.9 Å². The number of carbonyl (C=O) groups is 1. The van der Waals surface area contributed by atoms with Crippen LogP contribution in [0.2, 0.25) is 0 Å². The van der Waals surface area contributed by atoms with Crippen LogP contribution in [0.5, 0.6) is 0 Å². The molecule has 0 aliphatic heterocycles. The lowest BCUT2D eigenvalue weighted by Crippen LogP contribution is -2.31. The van der Waals surface area contributed by atoms with Crippen molar-refractivity contribution in [3.8, 4) is 0 Å². The Morgan fingerprint density at radius 1 is 1.27 bits per heavy atom. The lowest BCUT2D eigenvalue weighted by atomic mass is 10.1. The Balaban J connectivity index is 2.06. The molecule has 2 aromatic rings. The number of hydrogen-bond donors (Lipinski definition) is 1. The van der Waals surface area contributed by atoms with E-state index in [2.05, 4.69) is 10.3 Å². The van der Waals surface area contributed by atoms with E-state index in [0.29, 0.717) is 30.8 Å². The van der Waals surface area contributed by atoms with E-state index in [1.807, 2.05) is 10.8 Å². The summed E-state index contributed by atoms with van der Waals surface area (Å²) in [6.07, 6.45) is 6.07. The van der Waals surface area contributed by atoms with Gasteiger partial charge in [0.05, 0.1) is 11.2 Å². The average Bonchev–Trinajstić information content (AvgIpc) is 3.13. The number of imidazole rings is 1. The number of nitrogens with zero attached hydrogens (tertiary/aromatic N) is 3. The predicted octanol–water partition coefficient (Wildman–Crippen LogP) is 2.04. The van der Waals surface area contributed by atoms with Crippen LogP contribution in [0.1, 0.15) is 36.2 Å². The molecule has 1 aromatic heterocycles. The fourth-order valence-electron chi connectivity index (χ4n) is 2.71. The van der Waals surface area contributed by atoms with Gasteiger partial charge >= 0.3 is 0 Å². The van der Waals surface area contributed by atoms with Crippen LogP contribution in [0, 0.1) is 6.92 Å². The van der Waals surface area contributed by atoms with Gasteiger partial charge in [-0.3, -0.25) is 4.79 Å². The first-order valence-electron chi connectivity index (χ1n) is 8.74. The highest BCUT2D eigenvalue weighted by atomic mass is 32.2. The molecule has 0 fully saturated rings. The predicted molar refractivity (Wildman–Crippen MR) is 100 cm³/mol. The summed E-state index contributed by atoms with van der Waals surface area (Å²) < 4.78 is 28.9. The van der Waals surface area contributed by atoms with E-state index in [-0.39, 0.29) is 10.8 Å². The number of aryl methyl sites for hydroxylation is 2. The Labute approximate surface area is 155 Å². The highest BCUT2D eigenvalue weighted by Gasteiger charge is 2.24. The van der Waals surface area contributed by atoms with Crippen LogP contribution in [-0.4, -0.2) is 47.8 Å². The number of amides is 1. The third-order valence-electron chi connectivity index (χ3n) is 4.21. The van der Waals surface area contributed by atoms with Gasteiger partial charge in [-0.15, -0.1) is 0 Å². The van der Waals surface area contributed by atoms with Gasteiger partial charge < -0.3 is 9.88 Å². The molecule has 26 heavy (non-hydrogen) atoms. The van der Waals surface area contributed by atoms with Gasteiger partial charge in [-0.25, -0.2) is 13.4 Å². The molecule has 0 aliphatic carbocycles. The van der Waals surface area contributed by atoms with E-state index in [9.17, 15) is 13.2 Å². The minimum atomic E-state index is -3.60. The standard InChI is InChI=1S/C18H26N4O3S/c1-4-22(5-2)26(24,25)17-13-16(8-7-15(17)3)18(23)20-9-6-11-21-12-10-19-14-21/h7-8,10,12-14H,4-6,9,11H2,1-3H3,(H,20,23). The molecular formula is C18H26N4O3S. The number of aromatic nitrogens is 2. The fraction of sp³-hybridized carbons (Fsp3) is 0.444. The van der Waals surface area contributed by atoms with Crippen molar-refractivity contribution in [2.75, 3.05) is 19.6 Å². The molecule has 0 spiro atoms. The Morgan fingerprint density at radius 3 is 2.62 bits per heavy atom. The molecule has 1 N–H and O–H groups in total. The topological polar surface area (TPSA) is 84.3 Å². The van der Waals surface area contributed by atoms with Crippen LogP contribution in [0.4, 0.5) is 0 Å². The van der Waals surface area contributed by atoms with Crippen molar-refractivity contribution in [1.82, 2.24) is 19.2 Å². The Morgan fingerprint density at radius 2 is 2.00 bits per heavy atom. The summed E-state index contributed by atoms with van der Waals surface area (Å²) >= 11 is 0. The van der Waals surface area contributed by atoms with E-state index in [4.69, 9.17) is 0 Å². The van der Waals surface area contributed by atoms with Crippen LogP contribution in [0.3, 0.4) is 0 Å². The highest BCUT2D eigenvalue weighted by Crippen LogP contribution is 2.21. The quantitative estimate of drug-likeness (QED) is 0.677. The SMILES string of the molecule is CCN(CC)S(=O)(=O)c1cc(C(=O)NCCCn2ccnc2)ccc1C. The number of benzene rings is 1. The molecule has 142 valence electrons. The lowest BCUT2D eigenvalue weighted by molar-refractivity contribution is 0.0952. The number of nitrogens with one attached hydrogen (secondary N) is 1. The Kier molecular flexibility index (Phi) is 6.93. The zero-order chi connectivity index (χ0) is 19.2. The zero-order valence-electron chi connectivity index (χ0n) is 15.5. The molecule has 0 saturated heterocycles. The Bertz CT molecular complexity index is 828. The second kappa shape index (κ2) is 8.95. The molecule has 2 rings (SSSR count). The summed E-state index contributed by atoms with van der Waals surface area (Å²) in [6.45, 7) is 7.38. The maximum atomic E-state index is 12.8. The van der Waals surface area contributed by atoms with Crippen molar-refractivity contribution in [3.05, 3.63) is 48.0 Å². The fourth-order valence-corrected chi connectivity index (χ4v) is 4.42. The van der Waals surface area contributed by atoms with Crippen molar-refractivity contribution < 1.29 is 13.2 Å². The first kappa shape index (κ1) is 20.1. The molecular weight excluding hydrogens is 352 g/mol. The van der Waals surface area contributed by atoms with Crippen LogP contribution < -0.4 is 5.32 Å². The second-order valence-electron chi connectivity index (χ2n) is 5.98. The minimum absolute atomic E-state index is 0.187. The molecule has 0 bridgehead atoms. The summed E-state index contributed by atoms with van der Waals surface area (Å²) in [7, 11) is -3.60. The lowest BCUT2D eigenvalue weighted by Gasteiger charge is -2.20. The number of carbonyl (C=O) groups excluding carboxylic acids is 1. The summed E-state index contributed by atoms with van der Waals surface area (Å²) in [6, 6.07) is 4.80. The monoisotopic (exact) mass is 378 g/mol. The zero-order valence-corrected chi connectivity index (χ0v) is 16.3. The number of rotatable bonds is 9. The molecule has 1 heterocycles. The van der Waals surface area contributed by atoms with Gasteiger partial charge in [0.15, 0.2) is 0 Å². The molecule has 7 nitrogen and oxygen atoms in total. The van der Waals surface area contributed by atoms with E-state index in [1.165, 1.54) is 10.4 Å². The molecule has 0 radical (unpaired) electrons. The first-order valence-corrected chi connectivity index (χ1v) is 10.2. The summed E-state index contributed by atoms with van der Waals surface area (Å²) in [4.78, 5) is 16.5. The van der Waals surface area contributed by atoms with E-state index in [1.54, 1.807) is 45.4 Å². The van der Waals surface area contributed by atoms with Gasteiger partial charge in [-0.2, -0.15) is 4.31 Å². The summed E-state index contributed by atoms with van der Waals surface area (Å²) in [5.74, 6) is -0.272. The van der Waals surface area contributed by atoms with Crippen LogP contribution >= 0.6 is 0 Å². The van der Waals surface area contributed by atoms with Gasteiger partial charge in [0.1, 0.15) is 0 Å². The van der Waals surface area contributed by atoms with Gasteiger partial charge in [0, 0.05) is 44.1 Å². The third-order valence-corrected chi connectivity index (χ3v) is 6.40. The van der Waals surface area contributed by atoms with Crippen LogP contribution in [0.15, 0.2) is 41.8 Å². The molecule has 1 amide bonds. The molecule has 0 aliphatic rings. The van der Waals surface area contributed by atoms with E-state index >= 15 is 0 Å². The Hall–Kier alpha value is -2.19. The van der Waals surface area contributed by atoms with Crippen molar-refractivity contribution in [2.24, 2.45) is 0 Å². The largest absolute Gasteiger partial charge is 0.352 e. The number of hydrogen-bond acceptors (Lipinski definition) is 4. The highest BCUT2D eigenvalue weighted by molar-refractivity contribution is 7.89. The maximum Gasteiger partial charge on any atom is 0.251 e. The normalized spacial score (nSPS) is 11.7. The minimum Gasteiger partial charge on any atom is -0.352 e. The maximum absolute atomic E-state index is 12.8. The molecule has 0 atom stereocenters. The number of sulfonamides is 1.